The van der Waals surface area contributed by atoms with Gasteiger partial charge in [-0.1, -0.05) is 35.3 Å². The number of halogens is 3. The van der Waals surface area contributed by atoms with Crippen LogP contribution in [0, 0.1) is 11.7 Å². The van der Waals surface area contributed by atoms with Gasteiger partial charge in [-0.3, -0.25) is 9.78 Å². The van der Waals surface area contributed by atoms with Gasteiger partial charge in [0.2, 0.25) is 10.0 Å². The lowest BCUT2D eigenvalue weighted by atomic mass is 9.76. The van der Waals surface area contributed by atoms with Crippen LogP contribution in [0.4, 0.5) is 14.9 Å². The van der Waals surface area contributed by atoms with E-state index in [1.807, 2.05) is 0 Å². The Morgan fingerprint density at radius 1 is 1.08 bits per heavy atom. The second-order valence-corrected chi connectivity index (χ2v) is 15.0. The Bertz CT molecular complexity index is 1730. The zero-order valence-corrected chi connectivity index (χ0v) is 29.6. The third-order valence-corrected chi connectivity index (χ3v) is 11.8. The highest BCUT2D eigenvalue weighted by Crippen LogP contribution is 2.37. The fourth-order valence-electron chi connectivity index (χ4n) is 6.83. The number of amides is 2. The van der Waals surface area contributed by atoms with Crippen molar-refractivity contribution in [3.05, 3.63) is 87.9 Å². The SMILES string of the molecule is COC(=O)N(C(=O)[C@@H](N)[C@@H](c1ccc(Cl)cc1)C1CCOCC1)c1cncc(F)c1CC[C@H]1CNC[C@H](C)N1S(=O)(=O)c1ccc(Cl)cc1. The van der Waals surface area contributed by atoms with Crippen LogP contribution in [-0.4, -0.2) is 81.2 Å². The van der Waals surface area contributed by atoms with E-state index in [0.717, 1.165) is 23.8 Å². The summed E-state index contributed by atoms with van der Waals surface area (Å²) in [5.41, 5.74) is 7.38. The molecule has 3 aromatic rings. The Hall–Kier alpha value is -3.17. The summed E-state index contributed by atoms with van der Waals surface area (Å²) >= 11 is 12.2. The van der Waals surface area contributed by atoms with Crippen LogP contribution in [0.25, 0.3) is 0 Å². The van der Waals surface area contributed by atoms with Crippen LogP contribution >= 0.6 is 23.2 Å². The predicted molar refractivity (Wildman–Crippen MR) is 185 cm³/mol. The normalized spacial score (nSPS) is 20.4. The average molecular weight is 737 g/mol. The van der Waals surface area contributed by atoms with Crippen molar-refractivity contribution >= 4 is 50.9 Å². The van der Waals surface area contributed by atoms with E-state index in [9.17, 15) is 18.0 Å². The smallest absolute Gasteiger partial charge is 0.421 e. The van der Waals surface area contributed by atoms with Gasteiger partial charge in [0.1, 0.15) is 5.82 Å². The summed E-state index contributed by atoms with van der Waals surface area (Å²) in [6.45, 7) is 3.50. The number of anilines is 1. The number of pyridine rings is 1. The van der Waals surface area contributed by atoms with Crippen molar-refractivity contribution in [3.8, 4) is 0 Å². The molecule has 1 aromatic heterocycles. The molecular weight excluding hydrogens is 696 g/mol. The monoisotopic (exact) mass is 735 g/mol. The predicted octanol–water partition coefficient (Wildman–Crippen LogP) is 5.15. The Balaban J connectivity index is 1.47. The molecule has 0 aliphatic carbocycles. The van der Waals surface area contributed by atoms with Crippen LogP contribution in [-0.2, 0) is 30.7 Å². The van der Waals surface area contributed by atoms with Crippen molar-refractivity contribution in [2.75, 3.05) is 38.3 Å². The molecule has 2 amide bonds. The number of nitrogens with zero attached hydrogens (tertiary/aromatic N) is 3. The molecule has 15 heteroatoms. The van der Waals surface area contributed by atoms with E-state index in [4.69, 9.17) is 38.4 Å². The summed E-state index contributed by atoms with van der Waals surface area (Å²) in [5, 5.41) is 4.17. The van der Waals surface area contributed by atoms with Gasteiger partial charge >= 0.3 is 6.09 Å². The first-order valence-electron chi connectivity index (χ1n) is 16.1. The lowest BCUT2D eigenvalue weighted by molar-refractivity contribution is -0.120. The molecule has 2 aromatic carbocycles. The number of carbonyl (C=O) groups excluding carboxylic acids is 2. The number of piperazine rings is 1. The Morgan fingerprint density at radius 2 is 1.71 bits per heavy atom. The summed E-state index contributed by atoms with van der Waals surface area (Å²) in [6.07, 6.45) is 2.55. The second-order valence-electron chi connectivity index (χ2n) is 12.3. The van der Waals surface area contributed by atoms with Gasteiger partial charge in [-0.15, -0.1) is 0 Å². The van der Waals surface area contributed by atoms with Gasteiger partial charge < -0.3 is 20.5 Å². The molecule has 0 unspecified atom stereocenters. The zero-order valence-electron chi connectivity index (χ0n) is 27.2. The number of nitrogens with one attached hydrogen (secondary N) is 1. The van der Waals surface area contributed by atoms with Crippen molar-refractivity contribution in [2.24, 2.45) is 11.7 Å². The summed E-state index contributed by atoms with van der Waals surface area (Å²) in [6, 6.07) is 10.7. The maximum Gasteiger partial charge on any atom is 0.421 e. The molecule has 3 heterocycles. The van der Waals surface area contributed by atoms with Crippen molar-refractivity contribution < 1.29 is 31.9 Å². The molecule has 2 aliphatic heterocycles. The third-order valence-electron chi connectivity index (χ3n) is 9.23. The number of benzene rings is 2. The molecule has 264 valence electrons. The number of sulfonamides is 1. The van der Waals surface area contributed by atoms with Crippen LogP contribution < -0.4 is 16.0 Å². The molecule has 2 aliphatic rings. The number of aromatic nitrogens is 1. The van der Waals surface area contributed by atoms with Crippen LogP contribution in [0.5, 0.6) is 0 Å². The molecule has 4 atom stereocenters. The molecule has 49 heavy (non-hydrogen) atoms. The second kappa shape index (κ2) is 16.2. The van der Waals surface area contributed by atoms with E-state index in [0.29, 0.717) is 49.2 Å². The summed E-state index contributed by atoms with van der Waals surface area (Å²) in [5.74, 6) is -2.14. The van der Waals surface area contributed by atoms with Crippen molar-refractivity contribution in [2.45, 2.75) is 61.5 Å². The van der Waals surface area contributed by atoms with Crippen LogP contribution in [0.3, 0.4) is 0 Å². The maximum atomic E-state index is 15.7. The van der Waals surface area contributed by atoms with Gasteiger partial charge in [-0.25, -0.2) is 22.5 Å². The van der Waals surface area contributed by atoms with Crippen molar-refractivity contribution in [3.63, 3.8) is 0 Å². The number of ether oxygens (including phenoxy) is 2. The molecule has 2 saturated heterocycles. The van der Waals surface area contributed by atoms with Gasteiger partial charge in [0, 0.05) is 59.9 Å². The fourth-order valence-corrected chi connectivity index (χ4v) is 8.92. The number of carbonyl (C=O) groups is 2. The van der Waals surface area contributed by atoms with Gasteiger partial charge in [-0.2, -0.15) is 4.31 Å². The van der Waals surface area contributed by atoms with Gasteiger partial charge in [0.05, 0.1) is 36.1 Å². The molecule has 0 radical (unpaired) electrons. The van der Waals surface area contributed by atoms with E-state index < -0.39 is 51.9 Å². The van der Waals surface area contributed by atoms with Crippen molar-refractivity contribution in [1.29, 1.82) is 0 Å². The topological polar surface area (TPSA) is 144 Å². The number of rotatable bonds is 10. The summed E-state index contributed by atoms with van der Waals surface area (Å²) in [4.78, 5) is 32.5. The molecular formula is C34H40Cl2FN5O6S. The van der Waals surface area contributed by atoms with Gasteiger partial charge in [0.15, 0.2) is 0 Å². The Morgan fingerprint density at radius 3 is 2.35 bits per heavy atom. The average Bonchev–Trinajstić information content (AvgIpc) is 3.09. The zero-order chi connectivity index (χ0) is 35.3. The minimum absolute atomic E-state index is 0.00266. The third kappa shape index (κ3) is 8.25. The quantitative estimate of drug-likeness (QED) is 0.289. The van der Waals surface area contributed by atoms with E-state index in [-0.39, 0.29) is 34.9 Å². The highest BCUT2D eigenvalue weighted by atomic mass is 35.5. The first-order chi connectivity index (χ1) is 23.4. The van der Waals surface area contributed by atoms with Gasteiger partial charge in [-0.05, 0) is 80.5 Å². The number of hydrogen-bond acceptors (Lipinski definition) is 9. The van der Waals surface area contributed by atoms with Crippen LogP contribution in [0.15, 0.2) is 65.8 Å². The number of hydrogen-bond donors (Lipinski definition) is 2. The van der Waals surface area contributed by atoms with E-state index in [1.165, 1.54) is 34.8 Å². The summed E-state index contributed by atoms with van der Waals surface area (Å²) < 4.78 is 55.3. The molecule has 5 rings (SSSR count). The Kier molecular flexibility index (Phi) is 12.3. The highest BCUT2D eigenvalue weighted by molar-refractivity contribution is 7.89. The van der Waals surface area contributed by atoms with Crippen LogP contribution in [0.1, 0.15) is 43.2 Å². The highest BCUT2D eigenvalue weighted by Gasteiger charge is 2.41. The van der Waals surface area contributed by atoms with E-state index >= 15 is 4.39 Å². The maximum absolute atomic E-state index is 15.7. The largest absolute Gasteiger partial charge is 0.452 e. The fraction of sp³-hybridized carbons (Fsp3) is 0.441. The minimum atomic E-state index is -3.95. The van der Waals surface area contributed by atoms with Crippen LogP contribution in [0.2, 0.25) is 10.0 Å². The molecule has 2 fully saturated rings. The molecule has 11 nitrogen and oxygen atoms in total. The molecule has 3 N–H and O–H groups in total. The van der Waals surface area contributed by atoms with E-state index in [1.54, 1.807) is 31.2 Å². The Labute approximate surface area is 295 Å². The molecule has 0 bridgehead atoms. The first-order valence-corrected chi connectivity index (χ1v) is 18.3. The minimum Gasteiger partial charge on any atom is -0.452 e. The molecule has 0 saturated carbocycles. The first kappa shape index (κ1) is 37.1. The van der Waals surface area contributed by atoms with E-state index in [2.05, 4.69) is 10.3 Å². The molecule has 0 spiro atoms. The number of imide groups is 1. The summed E-state index contributed by atoms with van der Waals surface area (Å²) in [7, 11) is -2.84. The van der Waals surface area contributed by atoms with Crippen molar-refractivity contribution in [1.82, 2.24) is 14.6 Å². The number of nitrogens with two attached hydrogens (primary N) is 1. The van der Waals surface area contributed by atoms with Gasteiger partial charge in [0.25, 0.3) is 5.91 Å². The lowest BCUT2D eigenvalue weighted by Gasteiger charge is -2.40. The standard InChI is InChI=1S/C34H40Cl2FN5O6S/c1-21-17-39-18-26(42(21)49(45,46)27-10-7-25(36)8-11-27)9-12-28-29(37)19-40-20-30(28)41(34(44)47-2)33(43)32(38)31(23-13-15-48-16-14-23)22-3-5-24(35)6-4-22/h3-8,10-11,19-21,23,26,31-32,39H,9,12-18,38H2,1-2H3/t21-,26-,31-,32-/m0/s1. The number of methoxy groups -OCH3 is 1. The lowest BCUT2D eigenvalue weighted by Crippen LogP contribution is -2.58.